The first-order valence-corrected chi connectivity index (χ1v) is 10.6. The number of nitro groups is 1. The molecule has 1 aliphatic heterocycles. The number of rotatable bonds is 7. The van der Waals surface area contributed by atoms with Crippen molar-refractivity contribution in [2.24, 2.45) is 0 Å². The summed E-state index contributed by atoms with van der Waals surface area (Å²) in [6, 6.07) is 0.0927. The van der Waals surface area contributed by atoms with Crippen LogP contribution in [-0.4, -0.2) is 38.6 Å². The van der Waals surface area contributed by atoms with E-state index in [-0.39, 0.29) is 33.5 Å². The number of hydrogen-bond donors (Lipinski definition) is 3. The average molecular weight is 403 g/mol. The van der Waals surface area contributed by atoms with Gasteiger partial charge in [-0.1, -0.05) is 11.6 Å². The number of aromatic nitrogens is 2. The first-order valence-electron chi connectivity index (χ1n) is 10.6. The van der Waals surface area contributed by atoms with Gasteiger partial charge in [-0.3, -0.25) is 10.1 Å². The molecule has 0 unspecified atom stereocenters. The summed E-state index contributed by atoms with van der Waals surface area (Å²) in [5.41, 5.74) is 1.24. The zero-order valence-electron chi connectivity index (χ0n) is 18.0. The van der Waals surface area contributed by atoms with Crippen LogP contribution in [0, 0.1) is 10.1 Å². The molecule has 3 N–H and O–H groups in total. The van der Waals surface area contributed by atoms with Crippen molar-refractivity contribution >= 4 is 17.3 Å². The molecule has 160 valence electrons. The van der Waals surface area contributed by atoms with Crippen molar-refractivity contribution in [1.82, 2.24) is 15.3 Å². The van der Waals surface area contributed by atoms with E-state index in [1.807, 2.05) is 0 Å². The van der Waals surface area contributed by atoms with Crippen LogP contribution in [0.3, 0.4) is 0 Å². The Morgan fingerprint density at radius 1 is 1.17 bits per heavy atom. The second kappa shape index (κ2) is 8.65. The second-order valence-corrected chi connectivity index (χ2v) is 9.60. The molecule has 29 heavy (non-hydrogen) atoms. The molecule has 8 nitrogen and oxygen atoms in total. The Bertz CT molecular complexity index is 758. The minimum absolute atomic E-state index is 0.0595. The highest BCUT2D eigenvalue weighted by molar-refractivity contribution is 5.69. The molecule has 2 aliphatic rings. The van der Waals surface area contributed by atoms with Gasteiger partial charge in [-0.25, -0.2) is 9.97 Å². The van der Waals surface area contributed by atoms with Crippen LogP contribution in [0.25, 0.3) is 0 Å². The van der Waals surface area contributed by atoms with Crippen LogP contribution < -0.4 is 16.0 Å². The lowest BCUT2D eigenvalue weighted by Gasteiger charge is -2.46. The van der Waals surface area contributed by atoms with Crippen LogP contribution in [0.4, 0.5) is 17.3 Å². The van der Waals surface area contributed by atoms with Crippen molar-refractivity contribution in [2.45, 2.75) is 89.8 Å². The molecule has 1 aliphatic carbocycles. The molecule has 0 bridgehead atoms. The van der Waals surface area contributed by atoms with Gasteiger partial charge in [-0.05, 0) is 72.6 Å². The molecule has 1 aromatic rings. The number of nitrogens with zero attached hydrogens (tertiary/aromatic N) is 3. The Balaban J connectivity index is 1.72. The summed E-state index contributed by atoms with van der Waals surface area (Å²) in [5, 5.41) is 22.0. The van der Waals surface area contributed by atoms with E-state index in [1.165, 1.54) is 24.7 Å². The van der Waals surface area contributed by atoms with Crippen molar-refractivity contribution < 1.29 is 4.92 Å². The second-order valence-electron chi connectivity index (χ2n) is 9.60. The fourth-order valence-corrected chi connectivity index (χ4v) is 4.88. The third-order valence-electron chi connectivity index (χ3n) is 5.66. The summed E-state index contributed by atoms with van der Waals surface area (Å²) in [6.07, 6.45) is 11.1. The topological polar surface area (TPSA) is 105 Å². The Hall–Kier alpha value is -2.22. The Labute approximate surface area is 173 Å². The van der Waals surface area contributed by atoms with Gasteiger partial charge >= 0.3 is 5.69 Å². The predicted molar refractivity (Wildman–Crippen MR) is 116 cm³/mol. The molecule has 1 aromatic heterocycles. The van der Waals surface area contributed by atoms with Crippen molar-refractivity contribution in [3.63, 3.8) is 0 Å². The van der Waals surface area contributed by atoms with E-state index in [4.69, 9.17) is 0 Å². The summed E-state index contributed by atoms with van der Waals surface area (Å²) in [6.45, 7) is 9.26. The van der Waals surface area contributed by atoms with Gasteiger partial charge in [0.2, 0.25) is 11.6 Å². The quantitative estimate of drug-likeness (QED) is 0.352. The Morgan fingerprint density at radius 3 is 2.48 bits per heavy atom. The maximum atomic E-state index is 11.8. The highest BCUT2D eigenvalue weighted by atomic mass is 16.6. The van der Waals surface area contributed by atoms with Crippen molar-refractivity contribution in [2.75, 3.05) is 17.2 Å². The van der Waals surface area contributed by atoms with Crippen LogP contribution in [0.5, 0.6) is 0 Å². The number of piperidine rings is 1. The standard InChI is InChI=1S/C21H34N6O2/c1-20(2)12-16(13-21(3,4)26-20)25-19-17(27(28)29)18(23-14-24-19)22-11-10-15-8-6-5-7-9-15/h8,14,16,26H,5-7,9-13H2,1-4H3,(H2,22,23,24,25). The summed E-state index contributed by atoms with van der Waals surface area (Å²) in [4.78, 5) is 19.8. The number of allylic oxidation sites excluding steroid dienone is 1. The number of hydrogen-bond acceptors (Lipinski definition) is 7. The lowest BCUT2D eigenvalue weighted by Crippen LogP contribution is -2.60. The first kappa shape index (κ1) is 21.5. The van der Waals surface area contributed by atoms with E-state index in [0.717, 1.165) is 32.1 Å². The number of nitrogens with one attached hydrogen (secondary N) is 3. The lowest BCUT2D eigenvalue weighted by molar-refractivity contribution is -0.383. The largest absolute Gasteiger partial charge is 0.364 e. The molecule has 2 heterocycles. The van der Waals surface area contributed by atoms with Crippen molar-refractivity contribution in [1.29, 1.82) is 0 Å². The van der Waals surface area contributed by atoms with E-state index in [1.54, 1.807) is 0 Å². The summed E-state index contributed by atoms with van der Waals surface area (Å²) >= 11 is 0. The van der Waals surface area contributed by atoms with Gasteiger partial charge in [-0.2, -0.15) is 0 Å². The lowest BCUT2D eigenvalue weighted by atomic mass is 9.79. The Kier molecular flexibility index (Phi) is 6.41. The molecule has 1 saturated heterocycles. The summed E-state index contributed by atoms with van der Waals surface area (Å²) in [7, 11) is 0. The maximum absolute atomic E-state index is 11.8. The molecule has 0 radical (unpaired) electrons. The van der Waals surface area contributed by atoms with Crippen LogP contribution >= 0.6 is 0 Å². The third kappa shape index (κ3) is 5.88. The monoisotopic (exact) mass is 402 g/mol. The molecule has 0 saturated carbocycles. The van der Waals surface area contributed by atoms with Gasteiger partial charge in [0.15, 0.2) is 0 Å². The van der Waals surface area contributed by atoms with Gasteiger partial charge < -0.3 is 16.0 Å². The minimum Gasteiger partial charge on any atom is -0.364 e. The average Bonchev–Trinajstić information content (AvgIpc) is 2.60. The van der Waals surface area contributed by atoms with Crippen molar-refractivity contribution in [3.05, 3.63) is 28.1 Å². The highest BCUT2D eigenvalue weighted by Crippen LogP contribution is 2.34. The maximum Gasteiger partial charge on any atom is 0.353 e. The van der Waals surface area contributed by atoms with Gasteiger partial charge in [0.1, 0.15) is 6.33 Å². The fourth-order valence-electron chi connectivity index (χ4n) is 4.88. The third-order valence-corrected chi connectivity index (χ3v) is 5.66. The SMILES string of the molecule is CC1(C)CC(Nc2ncnc(NCCC3=CCCCC3)c2[N+](=O)[O-])CC(C)(C)N1. The van der Waals surface area contributed by atoms with Gasteiger partial charge in [0.05, 0.1) is 4.92 Å². The summed E-state index contributed by atoms with van der Waals surface area (Å²) in [5.74, 6) is 0.583. The van der Waals surface area contributed by atoms with Gasteiger partial charge in [0.25, 0.3) is 0 Å². The van der Waals surface area contributed by atoms with E-state index >= 15 is 0 Å². The van der Waals surface area contributed by atoms with E-state index in [0.29, 0.717) is 12.4 Å². The van der Waals surface area contributed by atoms with Crippen LogP contribution in [0.2, 0.25) is 0 Å². The van der Waals surface area contributed by atoms with Crippen LogP contribution in [0.1, 0.15) is 72.6 Å². The zero-order chi connectivity index (χ0) is 21.1. The molecule has 0 amide bonds. The highest BCUT2D eigenvalue weighted by Gasteiger charge is 2.38. The fraction of sp³-hybridized carbons (Fsp3) is 0.714. The number of anilines is 2. The Morgan fingerprint density at radius 2 is 1.86 bits per heavy atom. The molecular weight excluding hydrogens is 368 g/mol. The molecule has 3 rings (SSSR count). The first-order chi connectivity index (χ1) is 13.7. The molecule has 1 fully saturated rings. The van der Waals surface area contributed by atoms with Gasteiger partial charge in [-0.15, -0.1) is 0 Å². The van der Waals surface area contributed by atoms with Gasteiger partial charge in [0, 0.05) is 23.7 Å². The smallest absolute Gasteiger partial charge is 0.353 e. The van der Waals surface area contributed by atoms with Crippen LogP contribution in [-0.2, 0) is 0 Å². The molecule has 0 aromatic carbocycles. The van der Waals surface area contributed by atoms with Crippen molar-refractivity contribution in [3.8, 4) is 0 Å². The summed E-state index contributed by atoms with van der Waals surface area (Å²) < 4.78 is 0. The minimum atomic E-state index is -0.387. The molecule has 8 heteroatoms. The molecular formula is C21H34N6O2. The van der Waals surface area contributed by atoms with E-state index < -0.39 is 0 Å². The predicted octanol–water partition coefficient (Wildman–Crippen LogP) is 4.41. The normalized spacial score (nSPS) is 21.3. The molecule has 0 atom stereocenters. The van der Waals surface area contributed by atoms with E-state index in [2.05, 4.69) is 59.7 Å². The van der Waals surface area contributed by atoms with E-state index in [9.17, 15) is 10.1 Å². The zero-order valence-corrected chi connectivity index (χ0v) is 18.0. The van der Waals surface area contributed by atoms with Crippen LogP contribution in [0.15, 0.2) is 18.0 Å². The molecule has 0 spiro atoms.